The van der Waals surface area contributed by atoms with Crippen molar-refractivity contribution >= 4 is 5.97 Å². The molecule has 1 rings (SSSR count). The maximum absolute atomic E-state index is 10.6. The molecule has 1 N–H and O–H groups in total. The molecular weight excluding hydrogens is 178 g/mol. The maximum Gasteiger partial charge on any atom is 0.304 e. The SMILES string of the molecule is CC1CCCN(C(C)CC(=O)O)CC1. The Kier molecular flexibility index (Phi) is 4.39. The first-order valence-electron chi connectivity index (χ1n) is 5.55. The van der Waals surface area contributed by atoms with E-state index in [0.29, 0.717) is 0 Å². The molecule has 2 unspecified atom stereocenters. The van der Waals surface area contributed by atoms with Gasteiger partial charge in [-0.2, -0.15) is 0 Å². The summed E-state index contributed by atoms with van der Waals surface area (Å²) in [7, 11) is 0. The molecule has 1 saturated heterocycles. The average molecular weight is 199 g/mol. The number of carbonyl (C=O) groups is 1. The summed E-state index contributed by atoms with van der Waals surface area (Å²) in [5.41, 5.74) is 0. The number of hydrogen-bond acceptors (Lipinski definition) is 2. The molecule has 0 spiro atoms. The first-order valence-corrected chi connectivity index (χ1v) is 5.55. The molecule has 1 aliphatic heterocycles. The van der Waals surface area contributed by atoms with Crippen LogP contribution in [0, 0.1) is 5.92 Å². The minimum Gasteiger partial charge on any atom is -0.481 e. The van der Waals surface area contributed by atoms with E-state index in [0.717, 1.165) is 19.0 Å². The van der Waals surface area contributed by atoms with E-state index in [1.807, 2.05) is 6.92 Å². The van der Waals surface area contributed by atoms with Crippen LogP contribution in [0.25, 0.3) is 0 Å². The van der Waals surface area contributed by atoms with Gasteiger partial charge in [0.05, 0.1) is 6.42 Å². The normalized spacial score (nSPS) is 26.9. The van der Waals surface area contributed by atoms with Crippen molar-refractivity contribution in [2.45, 2.75) is 45.6 Å². The highest BCUT2D eigenvalue weighted by molar-refractivity contribution is 5.67. The third kappa shape index (κ3) is 3.66. The lowest BCUT2D eigenvalue weighted by Gasteiger charge is -2.26. The quantitative estimate of drug-likeness (QED) is 0.755. The van der Waals surface area contributed by atoms with Crippen LogP contribution in [-0.4, -0.2) is 35.1 Å². The van der Waals surface area contributed by atoms with Crippen LogP contribution in [0.2, 0.25) is 0 Å². The molecule has 0 saturated carbocycles. The summed E-state index contributed by atoms with van der Waals surface area (Å²) in [5.74, 6) is 0.117. The van der Waals surface area contributed by atoms with Crippen LogP contribution >= 0.6 is 0 Å². The van der Waals surface area contributed by atoms with E-state index in [2.05, 4.69) is 11.8 Å². The number of likely N-dealkylation sites (tertiary alicyclic amines) is 1. The van der Waals surface area contributed by atoms with Crippen LogP contribution in [0.15, 0.2) is 0 Å². The number of rotatable bonds is 3. The van der Waals surface area contributed by atoms with Gasteiger partial charge in [-0.1, -0.05) is 6.92 Å². The molecule has 3 nitrogen and oxygen atoms in total. The van der Waals surface area contributed by atoms with Crippen molar-refractivity contribution < 1.29 is 9.90 Å². The second-order valence-electron chi connectivity index (χ2n) is 4.52. The van der Waals surface area contributed by atoms with Crippen LogP contribution in [0.3, 0.4) is 0 Å². The Morgan fingerprint density at radius 3 is 2.86 bits per heavy atom. The minimum atomic E-state index is -0.685. The fourth-order valence-electron chi connectivity index (χ4n) is 2.11. The smallest absolute Gasteiger partial charge is 0.304 e. The highest BCUT2D eigenvalue weighted by atomic mass is 16.4. The average Bonchev–Trinajstić information content (AvgIpc) is 2.28. The lowest BCUT2D eigenvalue weighted by molar-refractivity contribution is -0.138. The highest BCUT2D eigenvalue weighted by Crippen LogP contribution is 2.18. The molecule has 0 aromatic carbocycles. The Morgan fingerprint density at radius 1 is 1.50 bits per heavy atom. The number of nitrogens with zero attached hydrogens (tertiary/aromatic N) is 1. The molecule has 1 heterocycles. The van der Waals surface area contributed by atoms with Crippen molar-refractivity contribution in [3.05, 3.63) is 0 Å². The fourth-order valence-corrected chi connectivity index (χ4v) is 2.11. The zero-order valence-electron chi connectivity index (χ0n) is 9.20. The molecule has 1 fully saturated rings. The zero-order valence-corrected chi connectivity index (χ0v) is 9.20. The molecule has 0 aromatic heterocycles. The van der Waals surface area contributed by atoms with E-state index < -0.39 is 5.97 Å². The van der Waals surface area contributed by atoms with Gasteiger partial charge in [0.25, 0.3) is 0 Å². The molecule has 2 atom stereocenters. The Balaban J connectivity index is 2.38. The predicted molar refractivity (Wildman–Crippen MR) is 56.3 cm³/mol. The van der Waals surface area contributed by atoms with Crippen molar-refractivity contribution in [3.63, 3.8) is 0 Å². The summed E-state index contributed by atoms with van der Waals surface area (Å²) < 4.78 is 0. The Bertz CT molecular complexity index is 194. The maximum atomic E-state index is 10.6. The van der Waals surface area contributed by atoms with Gasteiger partial charge in [0.15, 0.2) is 0 Å². The van der Waals surface area contributed by atoms with E-state index in [-0.39, 0.29) is 12.5 Å². The summed E-state index contributed by atoms with van der Waals surface area (Å²) in [5, 5.41) is 8.71. The third-order valence-corrected chi connectivity index (χ3v) is 3.14. The standard InChI is InChI=1S/C11H21NO2/c1-9-4-3-6-12(7-5-9)10(2)8-11(13)14/h9-10H,3-8H2,1-2H3,(H,13,14). The van der Waals surface area contributed by atoms with Crippen LogP contribution in [-0.2, 0) is 4.79 Å². The van der Waals surface area contributed by atoms with Gasteiger partial charge in [-0.25, -0.2) is 0 Å². The number of carboxylic acid groups (broad SMARTS) is 1. The molecular formula is C11H21NO2. The largest absolute Gasteiger partial charge is 0.481 e. The first-order chi connectivity index (χ1) is 6.59. The molecule has 0 bridgehead atoms. The topological polar surface area (TPSA) is 40.5 Å². The molecule has 82 valence electrons. The molecule has 3 heteroatoms. The molecule has 0 amide bonds. The molecule has 0 radical (unpaired) electrons. The Morgan fingerprint density at radius 2 is 2.21 bits per heavy atom. The lowest BCUT2D eigenvalue weighted by atomic mass is 10.0. The van der Waals surface area contributed by atoms with Gasteiger partial charge in [-0.3, -0.25) is 4.79 Å². The van der Waals surface area contributed by atoms with Gasteiger partial charge in [-0.05, 0) is 45.2 Å². The fraction of sp³-hybridized carbons (Fsp3) is 0.909. The summed E-state index contributed by atoms with van der Waals surface area (Å²) in [6.45, 7) is 6.43. The van der Waals surface area contributed by atoms with E-state index in [9.17, 15) is 4.79 Å². The van der Waals surface area contributed by atoms with Crippen molar-refractivity contribution in [2.75, 3.05) is 13.1 Å². The van der Waals surface area contributed by atoms with Crippen LogP contribution in [0.1, 0.15) is 39.5 Å². The summed E-state index contributed by atoms with van der Waals surface area (Å²) in [6.07, 6.45) is 3.99. The van der Waals surface area contributed by atoms with E-state index in [4.69, 9.17) is 5.11 Å². The Labute approximate surface area is 86.1 Å². The van der Waals surface area contributed by atoms with Gasteiger partial charge < -0.3 is 10.0 Å². The second-order valence-corrected chi connectivity index (χ2v) is 4.52. The van der Waals surface area contributed by atoms with Crippen molar-refractivity contribution in [2.24, 2.45) is 5.92 Å². The van der Waals surface area contributed by atoms with E-state index in [1.54, 1.807) is 0 Å². The summed E-state index contributed by atoms with van der Waals surface area (Å²) >= 11 is 0. The van der Waals surface area contributed by atoms with Crippen molar-refractivity contribution in [3.8, 4) is 0 Å². The molecule has 0 aromatic rings. The number of hydrogen-bond donors (Lipinski definition) is 1. The van der Waals surface area contributed by atoms with Gasteiger partial charge in [0, 0.05) is 6.04 Å². The number of aliphatic carboxylic acids is 1. The van der Waals surface area contributed by atoms with Crippen LogP contribution < -0.4 is 0 Å². The van der Waals surface area contributed by atoms with Crippen molar-refractivity contribution in [1.29, 1.82) is 0 Å². The Hall–Kier alpha value is -0.570. The van der Waals surface area contributed by atoms with Crippen LogP contribution in [0.4, 0.5) is 0 Å². The summed E-state index contributed by atoms with van der Waals surface area (Å²) in [4.78, 5) is 12.9. The molecule has 0 aliphatic carbocycles. The minimum absolute atomic E-state index is 0.192. The number of carboxylic acids is 1. The van der Waals surface area contributed by atoms with Gasteiger partial charge >= 0.3 is 5.97 Å². The lowest BCUT2D eigenvalue weighted by Crippen LogP contribution is -2.35. The third-order valence-electron chi connectivity index (χ3n) is 3.14. The van der Waals surface area contributed by atoms with Crippen LogP contribution in [0.5, 0.6) is 0 Å². The predicted octanol–water partition coefficient (Wildman–Crippen LogP) is 1.97. The zero-order chi connectivity index (χ0) is 10.6. The van der Waals surface area contributed by atoms with E-state index >= 15 is 0 Å². The molecule has 14 heavy (non-hydrogen) atoms. The van der Waals surface area contributed by atoms with Gasteiger partial charge in [0.2, 0.25) is 0 Å². The second kappa shape index (κ2) is 5.35. The first kappa shape index (κ1) is 11.5. The van der Waals surface area contributed by atoms with Crippen molar-refractivity contribution in [1.82, 2.24) is 4.90 Å². The summed E-state index contributed by atoms with van der Waals surface area (Å²) in [6, 6.07) is 0.192. The van der Waals surface area contributed by atoms with Gasteiger partial charge in [-0.15, -0.1) is 0 Å². The molecule has 1 aliphatic rings. The van der Waals surface area contributed by atoms with E-state index in [1.165, 1.54) is 19.3 Å². The monoisotopic (exact) mass is 199 g/mol. The van der Waals surface area contributed by atoms with Gasteiger partial charge in [0.1, 0.15) is 0 Å². The highest BCUT2D eigenvalue weighted by Gasteiger charge is 2.19.